The highest BCUT2D eigenvalue weighted by molar-refractivity contribution is 7.14. The summed E-state index contributed by atoms with van der Waals surface area (Å²) < 4.78 is 0. The highest BCUT2D eigenvalue weighted by Crippen LogP contribution is 2.34. The van der Waals surface area contributed by atoms with E-state index in [0.29, 0.717) is 6.04 Å². The SMILES string of the molecule is Cc1ccc(C(=O)N2CCc3cc(-c4csc(NC5CCCCC5)n4)ccc32)cc1. The Morgan fingerprint density at radius 3 is 2.70 bits per heavy atom. The van der Waals surface area contributed by atoms with Crippen LogP contribution >= 0.6 is 11.3 Å². The van der Waals surface area contributed by atoms with Crippen LogP contribution in [0.15, 0.2) is 47.8 Å². The zero-order chi connectivity index (χ0) is 20.5. The van der Waals surface area contributed by atoms with E-state index in [4.69, 9.17) is 4.98 Å². The summed E-state index contributed by atoms with van der Waals surface area (Å²) in [6, 6.07) is 14.8. The average molecular weight is 418 g/mol. The van der Waals surface area contributed by atoms with Gasteiger partial charge in [-0.25, -0.2) is 4.98 Å². The van der Waals surface area contributed by atoms with Gasteiger partial charge < -0.3 is 10.2 Å². The molecule has 3 aromatic rings. The Bertz CT molecular complexity index is 1050. The monoisotopic (exact) mass is 417 g/mol. The molecule has 0 atom stereocenters. The van der Waals surface area contributed by atoms with Crippen molar-refractivity contribution in [3.63, 3.8) is 0 Å². The molecule has 1 aliphatic carbocycles. The lowest BCUT2D eigenvalue weighted by molar-refractivity contribution is 0.0989. The van der Waals surface area contributed by atoms with Crippen LogP contribution in [0.2, 0.25) is 0 Å². The fraction of sp³-hybridized carbons (Fsp3) is 0.360. The van der Waals surface area contributed by atoms with E-state index in [9.17, 15) is 4.79 Å². The number of anilines is 2. The zero-order valence-electron chi connectivity index (χ0n) is 17.4. The summed E-state index contributed by atoms with van der Waals surface area (Å²) in [4.78, 5) is 19.7. The quantitative estimate of drug-likeness (QED) is 0.561. The average Bonchev–Trinajstić information content (AvgIpc) is 3.41. The number of hydrogen-bond acceptors (Lipinski definition) is 4. The van der Waals surface area contributed by atoms with Gasteiger partial charge in [0.05, 0.1) is 5.69 Å². The first-order valence-electron chi connectivity index (χ1n) is 10.9. The van der Waals surface area contributed by atoms with Gasteiger partial charge in [0.15, 0.2) is 5.13 Å². The number of carbonyl (C=O) groups excluding carboxylic acids is 1. The molecule has 1 aromatic heterocycles. The van der Waals surface area contributed by atoms with Gasteiger partial charge in [0.25, 0.3) is 5.91 Å². The highest BCUT2D eigenvalue weighted by atomic mass is 32.1. The molecule has 1 amide bonds. The van der Waals surface area contributed by atoms with Crippen molar-refractivity contribution in [3.05, 3.63) is 64.5 Å². The van der Waals surface area contributed by atoms with Crippen molar-refractivity contribution < 1.29 is 4.79 Å². The minimum atomic E-state index is 0.0779. The summed E-state index contributed by atoms with van der Waals surface area (Å²) in [6.45, 7) is 2.77. The second-order valence-corrected chi connectivity index (χ2v) is 9.29. The highest BCUT2D eigenvalue weighted by Gasteiger charge is 2.26. The van der Waals surface area contributed by atoms with Gasteiger partial charge in [0, 0.05) is 34.8 Å². The van der Waals surface area contributed by atoms with Crippen LogP contribution in [0.4, 0.5) is 10.8 Å². The summed E-state index contributed by atoms with van der Waals surface area (Å²) in [7, 11) is 0. The predicted molar refractivity (Wildman–Crippen MR) is 125 cm³/mol. The standard InChI is InChI=1S/C25H27N3OS/c1-17-7-9-18(10-8-17)24(29)28-14-13-20-15-19(11-12-23(20)28)22-16-30-25(27-22)26-21-5-3-2-4-6-21/h7-12,15-16,21H,2-6,13-14H2,1H3,(H,26,27). The van der Waals surface area contributed by atoms with Gasteiger partial charge in [-0.15, -0.1) is 11.3 Å². The fourth-order valence-electron chi connectivity index (χ4n) is 4.52. The van der Waals surface area contributed by atoms with E-state index in [-0.39, 0.29) is 5.91 Å². The number of fused-ring (bicyclic) bond motifs is 1. The van der Waals surface area contributed by atoms with Crippen LogP contribution in [0.1, 0.15) is 53.6 Å². The molecular formula is C25H27N3OS. The minimum absolute atomic E-state index is 0.0779. The van der Waals surface area contributed by atoms with Gasteiger partial charge in [-0.1, -0.05) is 43.0 Å². The molecule has 4 nitrogen and oxygen atoms in total. The molecule has 5 rings (SSSR count). The van der Waals surface area contributed by atoms with Crippen molar-refractivity contribution in [2.45, 2.75) is 51.5 Å². The van der Waals surface area contributed by atoms with Crippen LogP contribution in [-0.4, -0.2) is 23.5 Å². The van der Waals surface area contributed by atoms with Crippen molar-refractivity contribution in [1.29, 1.82) is 0 Å². The van der Waals surface area contributed by atoms with Gasteiger partial charge >= 0.3 is 0 Å². The van der Waals surface area contributed by atoms with Gasteiger partial charge in [-0.2, -0.15) is 0 Å². The molecule has 0 saturated heterocycles. The number of amides is 1. The summed E-state index contributed by atoms with van der Waals surface area (Å²) >= 11 is 1.69. The Labute approximate surface area is 182 Å². The van der Waals surface area contributed by atoms with Gasteiger partial charge in [0.2, 0.25) is 0 Å². The fourth-order valence-corrected chi connectivity index (χ4v) is 5.32. The summed E-state index contributed by atoms with van der Waals surface area (Å²) in [5, 5.41) is 6.78. The van der Waals surface area contributed by atoms with E-state index in [1.54, 1.807) is 11.3 Å². The first kappa shape index (κ1) is 19.3. The lowest BCUT2D eigenvalue weighted by atomic mass is 9.96. The number of benzene rings is 2. The second kappa shape index (κ2) is 8.23. The Morgan fingerprint density at radius 1 is 1.10 bits per heavy atom. The van der Waals surface area contributed by atoms with E-state index in [1.807, 2.05) is 36.1 Å². The lowest BCUT2D eigenvalue weighted by Gasteiger charge is -2.22. The Morgan fingerprint density at radius 2 is 1.90 bits per heavy atom. The third-order valence-corrected chi connectivity index (χ3v) is 7.02. The lowest BCUT2D eigenvalue weighted by Crippen LogP contribution is -2.28. The summed E-state index contributed by atoms with van der Waals surface area (Å²) in [6.07, 6.45) is 7.38. The first-order chi connectivity index (χ1) is 14.7. The zero-order valence-corrected chi connectivity index (χ0v) is 18.2. The molecule has 1 N–H and O–H groups in total. The van der Waals surface area contributed by atoms with E-state index >= 15 is 0 Å². The van der Waals surface area contributed by atoms with Crippen molar-refractivity contribution >= 4 is 28.1 Å². The number of carbonyl (C=O) groups is 1. The number of nitrogens with one attached hydrogen (secondary N) is 1. The molecule has 30 heavy (non-hydrogen) atoms. The van der Waals surface area contributed by atoms with Gasteiger partial charge in [0.1, 0.15) is 0 Å². The first-order valence-corrected chi connectivity index (χ1v) is 11.8. The van der Waals surface area contributed by atoms with E-state index < -0.39 is 0 Å². The number of hydrogen-bond donors (Lipinski definition) is 1. The largest absolute Gasteiger partial charge is 0.359 e. The van der Waals surface area contributed by atoms with Crippen molar-refractivity contribution in [3.8, 4) is 11.3 Å². The predicted octanol–water partition coefficient (Wildman–Crippen LogP) is 6.07. The topological polar surface area (TPSA) is 45.2 Å². The third kappa shape index (κ3) is 3.86. The number of thiazole rings is 1. The summed E-state index contributed by atoms with van der Waals surface area (Å²) in [5.41, 5.74) is 6.31. The molecule has 1 saturated carbocycles. The normalized spacial score (nSPS) is 16.5. The van der Waals surface area contributed by atoms with Crippen molar-refractivity contribution in [1.82, 2.24) is 4.98 Å². The van der Waals surface area contributed by atoms with Gasteiger partial charge in [-0.3, -0.25) is 4.79 Å². The number of nitrogens with zero attached hydrogens (tertiary/aromatic N) is 2. The molecule has 0 radical (unpaired) electrons. The number of aryl methyl sites for hydroxylation is 1. The Balaban J connectivity index is 1.33. The Hall–Kier alpha value is -2.66. The van der Waals surface area contributed by atoms with Crippen molar-refractivity contribution in [2.24, 2.45) is 0 Å². The molecule has 2 aliphatic rings. The van der Waals surface area contributed by atoms with E-state index in [0.717, 1.165) is 40.6 Å². The van der Waals surface area contributed by atoms with Crippen molar-refractivity contribution in [2.75, 3.05) is 16.8 Å². The molecule has 0 unspecified atom stereocenters. The van der Waals surface area contributed by atoms with Crippen LogP contribution in [0.3, 0.4) is 0 Å². The van der Waals surface area contributed by atoms with Crippen LogP contribution in [0, 0.1) is 6.92 Å². The van der Waals surface area contributed by atoms with Crippen LogP contribution < -0.4 is 10.2 Å². The Kier molecular flexibility index (Phi) is 5.30. The van der Waals surface area contributed by atoms with E-state index in [2.05, 4.69) is 28.9 Å². The summed E-state index contributed by atoms with van der Waals surface area (Å²) in [5.74, 6) is 0.0779. The molecule has 1 fully saturated rings. The van der Waals surface area contributed by atoms with Crippen LogP contribution in [-0.2, 0) is 6.42 Å². The maximum Gasteiger partial charge on any atom is 0.258 e. The molecule has 2 heterocycles. The second-order valence-electron chi connectivity index (χ2n) is 8.43. The minimum Gasteiger partial charge on any atom is -0.359 e. The number of aromatic nitrogens is 1. The maximum atomic E-state index is 13.0. The van der Waals surface area contributed by atoms with Crippen LogP contribution in [0.5, 0.6) is 0 Å². The smallest absolute Gasteiger partial charge is 0.258 e. The number of rotatable bonds is 4. The van der Waals surface area contributed by atoms with Crippen LogP contribution in [0.25, 0.3) is 11.3 Å². The molecule has 5 heteroatoms. The maximum absolute atomic E-state index is 13.0. The molecule has 1 aliphatic heterocycles. The molecule has 0 spiro atoms. The van der Waals surface area contributed by atoms with E-state index in [1.165, 1.54) is 43.2 Å². The molecule has 0 bridgehead atoms. The van der Waals surface area contributed by atoms with Gasteiger partial charge in [-0.05, 0) is 56.0 Å². The molecule has 154 valence electrons. The molecular weight excluding hydrogens is 390 g/mol. The molecule has 2 aromatic carbocycles. The third-order valence-electron chi connectivity index (χ3n) is 6.25.